The van der Waals surface area contributed by atoms with Gasteiger partial charge >= 0.3 is 6.01 Å². The number of rotatable bonds is 3. The third-order valence-corrected chi connectivity index (χ3v) is 10.1. The van der Waals surface area contributed by atoms with E-state index in [-0.39, 0.29) is 0 Å². The molecule has 4 heteroatoms. The van der Waals surface area contributed by atoms with Gasteiger partial charge < -0.3 is 8.98 Å². The van der Waals surface area contributed by atoms with Gasteiger partial charge in [0.1, 0.15) is 5.52 Å². The van der Waals surface area contributed by atoms with Gasteiger partial charge in [0.05, 0.1) is 27.8 Å². The molecule has 3 aromatic heterocycles. The molecule has 0 aliphatic rings. The molecule has 0 aliphatic carbocycles. The average molecular weight is 626 g/mol. The molecule has 0 amide bonds. The molecule has 0 saturated heterocycles. The Morgan fingerprint density at radius 1 is 0.429 bits per heavy atom. The van der Waals surface area contributed by atoms with E-state index < -0.39 is 0 Å². The summed E-state index contributed by atoms with van der Waals surface area (Å²) < 4.78 is 10.9. The predicted octanol–water partition coefficient (Wildman–Crippen LogP) is 12.0. The van der Waals surface area contributed by atoms with Crippen LogP contribution in [0.3, 0.4) is 0 Å². The van der Waals surface area contributed by atoms with Gasteiger partial charge in [-0.05, 0) is 75.8 Å². The fourth-order valence-electron chi connectivity index (χ4n) is 8.04. The number of hydrogen-bond donors (Lipinski definition) is 0. The van der Waals surface area contributed by atoms with Crippen molar-refractivity contribution in [3.05, 3.63) is 164 Å². The highest BCUT2D eigenvalue weighted by Crippen LogP contribution is 2.43. The third-order valence-electron chi connectivity index (χ3n) is 10.1. The fourth-order valence-corrected chi connectivity index (χ4v) is 8.04. The Balaban J connectivity index is 1.19. The first-order valence-electron chi connectivity index (χ1n) is 16.6. The maximum atomic E-state index is 6.30. The Hall–Kier alpha value is -6.65. The summed E-state index contributed by atoms with van der Waals surface area (Å²) in [6, 6.07) is 59.2. The smallest absolute Gasteiger partial charge is 0.307 e. The minimum Gasteiger partial charge on any atom is -0.423 e. The van der Waals surface area contributed by atoms with E-state index in [9.17, 15) is 0 Å². The lowest BCUT2D eigenvalue weighted by atomic mass is 9.97. The van der Waals surface area contributed by atoms with Crippen molar-refractivity contribution in [2.24, 2.45) is 0 Å². The number of oxazole rings is 1. The maximum absolute atomic E-state index is 6.30. The monoisotopic (exact) mass is 625 g/mol. The van der Waals surface area contributed by atoms with Gasteiger partial charge in [-0.3, -0.25) is 4.57 Å². The van der Waals surface area contributed by atoms with E-state index in [1.807, 2.05) is 24.3 Å². The second kappa shape index (κ2) is 9.93. The minimum absolute atomic E-state index is 0.577. The molecule has 0 spiro atoms. The topological polar surface area (TPSA) is 35.9 Å². The first kappa shape index (κ1) is 26.4. The van der Waals surface area contributed by atoms with Gasteiger partial charge in [-0.1, -0.05) is 115 Å². The van der Waals surface area contributed by atoms with Crippen LogP contribution in [-0.2, 0) is 0 Å². The van der Waals surface area contributed by atoms with Gasteiger partial charge in [0.25, 0.3) is 0 Å². The van der Waals surface area contributed by atoms with E-state index in [2.05, 4.69) is 149 Å². The van der Waals surface area contributed by atoms with Crippen LogP contribution in [-0.4, -0.2) is 14.1 Å². The summed E-state index contributed by atoms with van der Waals surface area (Å²) in [5, 5.41) is 9.82. The van der Waals surface area contributed by atoms with E-state index in [4.69, 9.17) is 9.40 Å². The first-order valence-corrected chi connectivity index (χ1v) is 16.6. The normalized spacial score (nSPS) is 12.1. The van der Waals surface area contributed by atoms with Crippen LogP contribution in [0.4, 0.5) is 0 Å². The summed E-state index contributed by atoms with van der Waals surface area (Å²) in [5.41, 5.74) is 9.71. The summed E-state index contributed by atoms with van der Waals surface area (Å²) in [6.07, 6.45) is 0. The van der Waals surface area contributed by atoms with Crippen molar-refractivity contribution >= 4 is 76.3 Å². The summed E-state index contributed by atoms with van der Waals surface area (Å²) >= 11 is 0. The van der Waals surface area contributed by atoms with Gasteiger partial charge in [-0.2, -0.15) is 4.98 Å². The van der Waals surface area contributed by atoms with E-state index in [0.717, 1.165) is 27.5 Å². The zero-order valence-electron chi connectivity index (χ0n) is 26.3. The lowest BCUT2D eigenvalue weighted by molar-refractivity contribution is 0.574. The highest BCUT2D eigenvalue weighted by Gasteiger charge is 2.21. The molecular formula is C45H27N3O. The maximum Gasteiger partial charge on any atom is 0.307 e. The van der Waals surface area contributed by atoms with Gasteiger partial charge in [0.2, 0.25) is 0 Å². The Labute approximate surface area is 280 Å². The average Bonchev–Trinajstić information content (AvgIpc) is 3.84. The number of nitrogens with zero attached hydrogens (tertiary/aromatic N) is 3. The first-order chi connectivity index (χ1) is 24.3. The van der Waals surface area contributed by atoms with Crippen molar-refractivity contribution in [1.82, 2.24) is 14.1 Å². The quantitative estimate of drug-likeness (QED) is 0.183. The van der Waals surface area contributed by atoms with Gasteiger partial charge in [0.15, 0.2) is 5.58 Å². The Morgan fingerprint density at radius 2 is 1.08 bits per heavy atom. The second-order valence-corrected chi connectivity index (χ2v) is 12.8. The van der Waals surface area contributed by atoms with Crippen LogP contribution in [0.5, 0.6) is 0 Å². The van der Waals surface area contributed by atoms with Gasteiger partial charge in [-0.25, -0.2) is 0 Å². The summed E-state index contributed by atoms with van der Waals surface area (Å²) in [7, 11) is 0. The standard InChI is InChI=1S/C45H27N3O/c1-2-13-30-28(12-1)27-42(33-15-4-3-14-32(30)33)47-39-21-9-6-17-35(39)44-31(18-11-22-41(44)47)29-24-25-40-36(26-29)34-16-5-8-20-38(34)48(40)45-46-37-19-7-10-23-43(37)49-45/h1-27H. The number of para-hydroxylation sites is 4. The van der Waals surface area contributed by atoms with Crippen molar-refractivity contribution in [1.29, 1.82) is 0 Å². The summed E-state index contributed by atoms with van der Waals surface area (Å²) in [6.45, 7) is 0. The molecule has 0 unspecified atom stereocenters. The molecule has 0 fully saturated rings. The molecule has 0 aliphatic heterocycles. The van der Waals surface area contributed by atoms with Gasteiger partial charge in [-0.15, -0.1) is 0 Å². The Kier molecular flexibility index (Phi) is 5.35. The minimum atomic E-state index is 0.577. The molecular weight excluding hydrogens is 599 g/mol. The summed E-state index contributed by atoms with van der Waals surface area (Å²) in [5.74, 6) is 0. The largest absolute Gasteiger partial charge is 0.423 e. The number of hydrogen-bond acceptors (Lipinski definition) is 2. The van der Waals surface area contributed by atoms with E-state index >= 15 is 0 Å². The molecule has 11 aromatic rings. The lowest BCUT2D eigenvalue weighted by Crippen LogP contribution is -1.96. The molecule has 0 radical (unpaired) electrons. The molecule has 0 saturated carbocycles. The van der Waals surface area contributed by atoms with Crippen molar-refractivity contribution in [3.8, 4) is 22.8 Å². The lowest BCUT2D eigenvalue weighted by Gasteiger charge is -2.14. The van der Waals surface area contributed by atoms with E-state index in [1.54, 1.807) is 0 Å². The molecule has 4 nitrogen and oxygen atoms in total. The number of fused-ring (bicyclic) bond motifs is 10. The van der Waals surface area contributed by atoms with Crippen LogP contribution in [0.2, 0.25) is 0 Å². The molecule has 0 atom stereocenters. The zero-order valence-corrected chi connectivity index (χ0v) is 26.3. The van der Waals surface area contributed by atoms with Crippen LogP contribution in [0, 0.1) is 0 Å². The van der Waals surface area contributed by atoms with E-state index in [1.165, 1.54) is 65.6 Å². The summed E-state index contributed by atoms with van der Waals surface area (Å²) in [4.78, 5) is 4.88. The van der Waals surface area contributed by atoms with Crippen molar-refractivity contribution in [2.75, 3.05) is 0 Å². The van der Waals surface area contributed by atoms with Crippen LogP contribution >= 0.6 is 0 Å². The molecule has 0 N–H and O–H groups in total. The highest BCUT2D eigenvalue weighted by atomic mass is 16.4. The molecule has 8 aromatic carbocycles. The highest BCUT2D eigenvalue weighted by molar-refractivity contribution is 6.19. The Bertz CT molecular complexity index is 3090. The van der Waals surface area contributed by atoms with Crippen LogP contribution in [0.15, 0.2) is 168 Å². The predicted molar refractivity (Wildman–Crippen MR) is 203 cm³/mol. The molecule has 0 bridgehead atoms. The van der Waals surface area contributed by atoms with Crippen LogP contribution in [0.25, 0.3) is 99.1 Å². The number of aromatic nitrogens is 3. The van der Waals surface area contributed by atoms with E-state index in [0.29, 0.717) is 6.01 Å². The van der Waals surface area contributed by atoms with Crippen LogP contribution in [0.1, 0.15) is 0 Å². The SMILES string of the molecule is c1ccc2c(c1)cc(-n1c3ccccc3c3c(-c4ccc5c(c4)c4ccccc4n5-c4nc5ccccc5o4)cccc31)c1ccccc12. The number of benzene rings is 8. The zero-order chi connectivity index (χ0) is 32.1. The van der Waals surface area contributed by atoms with Crippen molar-refractivity contribution in [3.63, 3.8) is 0 Å². The van der Waals surface area contributed by atoms with Gasteiger partial charge in [0, 0.05) is 26.9 Å². The van der Waals surface area contributed by atoms with Crippen molar-refractivity contribution < 1.29 is 4.42 Å². The second-order valence-electron chi connectivity index (χ2n) is 12.8. The van der Waals surface area contributed by atoms with Crippen LogP contribution < -0.4 is 0 Å². The molecule has 3 heterocycles. The molecule has 228 valence electrons. The molecule has 11 rings (SSSR count). The fraction of sp³-hybridized carbons (Fsp3) is 0. The molecule has 49 heavy (non-hydrogen) atoms. The van der Waals surface area contributed by atoms with Crippen molar-refractivity contribution in [2.45, 2.75) is 0 Å². The Morgan fingerprint density at radius 3 is 1.94 bits per heavy atom. The third kappa shape index (κ3) is 3.71.